The molecule has 0 fully saturated rings. The molecule has 0 saturated carbocycles. The summed E-state index contributed by atoms with van der Waals surface area (Å²) in [5.74, 6) is 0. The molecule has 0 radical (unpaired) electrons. The van der Waals surface area contributed by atoms with Gasteiger partial charge in [0, 0.05) is 12.6 Å². The molecule has 2 aromatic rings. The first kappa shape index (κ1) is 16.0. The molecular formula is C17H20N2O3. The third kappa shape index (κ3) is 4.05. The van der Waals surface area contributed by atoms with E-state index in [1.54, 1.807) is 12.1 Å². The Morgan fingerprint density at radius 1 is 1.09 bits per heavy atom. The maximum absolute atomic E-state index is 11.0. The average molecular weight is 300 g/mol. The predicted octanol–water partition coefficient (Wildman–Crippen LogP) is 3.36. The van der Waals surface area contributed by atoms with E-state index in [-0.39, 0.29) is 12.3 Å². The number of benzene rings is 2. The van der Waals surface area contributed by atoms with Crippen molar-refractivity contribution in [3.05, 3.63) is 68.8 Å². The van der Waals surface area contributed by atoms with Crippen LogP contribution in [0.15, 0.2) is 36.4 Å². The summed E-state index contributed by atoms with van der Waals surface area (Å²) in [5.41, 5.74) is 4.75. The van der Waals surface area contributed by atoms with Crippen LogP contribution in [0.4, 0.5) is 11.4 Å². The highest BCUT2D eigenvalue weighted by molar-refractivity contribution is 5.62. The number of hydrogen-bond acceptors (Lipinski definition) is 4. The summed E-state index contributed by atoms with van der Waals surface area (Å²) in [4.78, 5) is 10.6. The molecule has 2 rings (SSSR count). The van der Waals surface area contributed by atoms with Crippen molar-refractivity contribution < 1.29 is 10.0 Å². The van der Waals surface area contributed by atoms with Crippen LogP contribution in [0.3, 0.4) is 0 Å². The summed E-state index contributed by atoms with van der Waals surface area (Å²) in [7, 11) is 0. The Balaban J connectivity index is 2.08. The fourth-order valence-electron chi connectivity index (χ4n) is 2.54. The van der Waals surface area contributed by atoms with Crippen molar-refractivity contribution in [3.63, 3.8) is 0 Å². The van der Waals surface area contributed by atoms with Gasteiger partial charge in [-0.3, -0.25) is 10.1 Å². The van der Waals surface area contributed by atoms with Gasteiger partial charge in [0.05, 0.1) is 11.5 Å². The van der Waals surface area contributed by atoms with E-state index in [1.807, 2.05) is 0 Å². The SMILES string of the molecule is Cc1cc(C)cc(CCNc2cc(CO)ccc2[N+](=O)[O-])c1. The molecule has 0 amide bonds. The van der Waals surface area contributed by atoms with Crippen molar-refractivity contribution in [2.75, 3.05) is 11.9 Å². The Morgan fingerprint density at radius 3 is 2.36 bits per heavy atom. The van der Waals surface area contributed by atoms with Gasteiger partial charge in [0.15, 0.2) is 0 Å². The highest BCUT2D eigenvalue weighted by atomic mass is 16.6. The van der Waals surface area contributed by atoms with E-state index in [2.05, 4.69) is 37.4 Å². The molecule has 0 heterocycles. The zero-order valence-corrected chi connectivity index (χ0v) is 12.8. The summed E-state index contributed by atoms with van der Waals surface area (Å²) in [5, 5.41) is 23.3. The summed E-state index contributed by atoms with van der Waals surface area (Å²) in [6.07, 6.45) is 0.781. The third-order valence-electron chi connectivity index (χ3n) is 3.45. The number of nitrogens with one attached hydrogen (secondary N) is 1. The molecule has 0 atom stereocenters. The van der Waals surface area contributed by atoms with Crippen LogP contribution in [0.2, 0.25) is 0 Å². The molecule has 0 unspecified atom stereocenters. The lowest BCUT2D eigenvalue weighted by molar-refractivity contribution is -0.384. The zero-order valence-electron chi connectivity index (χ0n) is 12.8. The van der Waals surface area contributed by atoms with Crippen molar-refractivity contribution in [2.45, 2.75) is 26.9 Å². The Morgan fingerprint density at radius 2 is 1.77 bits per heavy atom. The van der Waals surface area contributed by atoms with E-state index in [0.717, 1.165) is 6.42 Å². The molecule has 22 heavy (non-hydrogen) atoms. The summed E-state index contributed by atoms with van der Waals surface area (Å²) >= 11 is 0. The first-order chi connectivity index (χ1) is 10.5. The molecule has 0 aliphatic heterocycles. The Bertz CT molecular complexity index is 663. The van der Waals surface area contributed by atoms with E-state index < -0.39 is 4.92 Å². The van der Waals surface area contributed by atoms with Gasteiger partial charge >= 0.3 is 0 Å². The fourth-order valence-corrected chi connectivity index (χ4v) is 2.54. The lowest BCUT2D eigenvalue weighted by Crippen LogP contribution is -2.07. The maximum atomic E-state index is 11.0. The quantitative estimate of drug-likeness (QED) is 0.633. The predicted molar refractivity (Wildman–Crippen MR) is 87.1 cm³/mol. The lowest BCUT2D eigenvalue weighted by atomic mass is 10.1. The van der Waals surface area contributed by atoms with Crippen molar-refractivity contribution in [1.82, 2.24) is 0 Å². The van der Waals surface area contributed by atoms with Gasteiger partial charge in [0.1, 0.15) is 5.69 Å². The van der Waals surface area contributed by atoms with Crippen LogP contribution in [-0.4, -0.2) is 16.6 Å². The molecule has 116 valence electrons. The minimum atomic E-state index is -0.416. The largest absolute Gasteiger partial charge is 0.392 e. The van der Waals surface area contributed by atoms with Crippen molar-refractivity contribution in [3.8, 4) is 0 Å². The average Bonchev–Trinajstić information content (AvgIpc) is 2.45. The molecule has 0 aromatic heterocycles. The highest BCUT2D eigenvalue weighted by Crippen LogP contribution is 2.25. The second kappa shape index (κ2) is 7.04. The molecule has 0 bridgehead atoms. The van der Waals surface area contributed by atoms with Crippen molar-refractivity contribution >= 4 is 11.4 Å². The smallest absolute Gasteiger partial charge is 0.292 e. The molecule has 5 heteroatoms. The lowest BCUT2D eigenvalue weighted by Gasteiger charge is -2.09. The minimum absolute atomic E-state index is 0.0256. The van der Waals surface area contributed by atoms with E-state index in [9.17, 15) is 10.1 Å². The van der Waals surface area contributed by atoms with E-state index in [1.165, 1.54) is 22.8 Å². The fraction of sp³-hybridized carbons (Fsp3) is 0.294. The first-order valence-corrected chi connectivity index (χ1v) is 7.19. The van der Waals surface area contributed by atoms with E-state index in [4.69, 9.17) is 5.11 Å². The van der Waals surface area contributed by atoms with Crippen LogP contribution in [0.5, 0.6) is 0 Å². The Hall–Kier alpha value is -2.40. The van der Waals surface area contributed by atoms with Gasteiger partial charge in [-0.05, 0) is 43.5 Å². The van der Waals surface area contributed by atoms with Gasteiger partial charge in [-0.25, -0.2) is 0 Å². The molecule has 0 saturated heterocycles. The number of nitro groups is 1. The molecule has 0 aliphatic rings. The number of nitrogens with zero attached hydrogens (tertiary/aromatic N) is 1. The van der Waals surface area contributed by atoms with Gasteiger partial charge in [-0.15, -0.1) is 0 Å². The van der Waals surface area contributed by atoms with Crippen LogP contribution in [0.25, 0.3) is 0 Å². The second-order valence-corrected chi connectivity index (χ2v) is 5.44. The molecule has 2 N–H and O–H groups in total. The van der Waals surface area contributed by atoms with E-state index in [0.29, 0.717) is 17.8 Å². The number of nitro benzene ring substituents is 1. The van der Waals surface area contributed by atoms with Gasteiger partial charge in [0.25, 0.3) is 5.69 Å². The topological polar surface area (TPSA) is 75.4 Å². The Labute approximate surface area is 129 Å². The second-order valence-electron chi connectivity index (χ2n) is 5.44. The normalized spacial score (nSPS) is 10.5. The summed E-state index contributed by atoms with van der Waals surface area (Å²) < 4.78 is 0. The summed E-state index contributed by atoms with van der Waals surface area (Å²) in [6, 6.07) is 11.0. The van der Waals surface area contributed by atoms with Crippen LogP contribution in [0, 0.1) is 24.0 Å². The first-order valence-electron chi connectivity index (χ1n) is 7.19. The van der Waals surface area contributed by atoms with Crippen molar-refractivity contribution in [2.24, 2.45) is 0 Å². The molecule has 2 aromatic carbocycles. The summed E-state index contributed by atoms with van der Waals surface area (Å²) in [6.45, 7) is 4.57. The number of aliphatic hydroxyl groups is 1. The highest BCUT2D eigenvalue weighted by Gasteiger charge is 2.13. The number of aliphatic hydroxyl groups excluding tert-OH is 1. The van der Waals surface area contributed by atoms with Crippen molar-refractivity contribution in [1.29, 1.82) is 0 Å². The van der Waals surface area contributed by atoms with Crippen LogP contribution < -0.4 is 5.32 Å². The number of hydrogen-bond donors (Lipinski definition) is 2. The van der Waals surface area contributed by atoms with Gasteiger partial charge < -0.3 is 10.4 Å². The van der Waals surface area contributed by atoms with Gasteiger partial charge in [-0.2, -0.15) is 0 Å². The minimum Gasteiger partial charge on any atom is -0.392 e. The number of aryl methyl sites for hydroxylation is 2. The monoisotopic (exact) mass is 300 g/mol. The maximum Gasteiger partial charge on any atom is 0.292 e. The Kier molecular flexibility index (Phi) is 5.12. The van der Waals surface area contributed by atoms with Gasteiger partial charge in [-0.1, -0.05) is 29.3 Å². The van der Waals surface area contributed by atoms with Crippen LogP contribution >= 0.6 is 0 Å². The molecular weight excluding hydrogens is 280 g/mol. The van der Waals surface area contributed by atoms with Crippen LogP contribution in [-0.2, 0) is 13.0 Å². The molecule has 5 nitrogen and oxygen atoms in total. The molecule has 0 spiro atoms. The van der Waals surface area contributed by atoms with E-state index >= 15 is 0 Å². The number of anilines is 1. The standard InChI is InChI=1S/C17H20N2O3/c1-12-7-13(2)9-14(8-12)5-6-18-16-10-15(11-20)3-4-17(16)19(21)22/h3-4,7-10,18,20H,5-6,11H2,1-2H3. The number of rotatable bonds is 6. The van der Waals surface area contributed by atoms with Crippen LogP contribution in [0.1, 0.15) is 22.3 Å². The third-order valence-corrected chi connectivity index (χ3v) is 3.45. The van der Waals surface area contributed by atoms with Gasteiger partial charge in [0.2, 0.25) is 0 Å². The zero-order chi connectivity index (χ0) is 16.1. The molecule has 0 aliphatic carbocycles.